The van der Waals surface area contributed by atoms with E-state index in [4.69, 9.17) is 9.84 Å². The third-order valence-corrected chi connectivity index (χ3v) is 3.96. The number of hydrogen-bond acceptors (Lipinski definition) is 4. The van der Waals surface area contributed by atoms with Crippen molar-refractivity contribution in [2.45, 2.75) is 24.7 Å². The van der Waals surface area contributed by atoms with Crippen LogP contribution in [0.1, 0.15) is 30.1 Å². The second-order valence-electron chi connectivity index (χ2n) is 4.20. The molecular weight excluding hydrogens is 282 g/mol. The minimum Gasteiger partial charge on any atom is -0.478 e. The summed E-state index contributed by atoms with van der Waals surface area (Å²) in [5, 5.41) is 8.84. The van der Waals surface area contributed by atoms with Crippen molar-refractivity contribution in [1.82, 2.24) is 4.72 Å². The second-order valence-corrected chi connectivity index (χ2v) is 5.96. The van der Waals surface area contributed by atoms with E-state index in [9.17, 15) is 13.2 Å². The van der Waals surface area contributed by atoms with Gasteiger partial charge in [0, 0.05) is 19.8 Å². The van der Waals surface area contributed by atoms with E-state index in [1.54, 1.807) is 0 Å². The summed E-state index contributed by atoms with van der Waals surface area (Å²) in [6, 6.07) is 5.25. The van der Waals surface area contributed by atoms with Crippen LogP contribution >= 0.6 is 0 Å². The molecule has 7 heteroatoms. The molecule has 0 aliphatic carbocycles. The van der Waals surface area contributed by atoms with Crippen LogP contribution in [0.5, 0.6) is 0 Å². The average Bonchev–Trinajstić information content (AvgIpc) is 2.43. The Morgan fingerprint density at radius 2 is 2.10 bits per heavy atom. The fraction of sp³-hybridized carbons (Fsp3) is 0.462. The molecule has 0 heterocycles. The summed E-state index contributed by atoms with van der Waals surface area (Å²) in [6.45, 7) is 3.40. The summed E-state index contributed by atoms with van der Waals surface area (Å²) in [7, 11) is -3.68. The normalized spacial score (nSPS) is 11.4. The summed E-state index contributed by atoms with van der Waals surface area (Å²) >= 11 is 0. The molecule has 0 fully saturated rings. The zero-order valence-corrected chi connectivity index (χ0v) is 12.1. The number of sulfonamides is 1. The van der Waals surface area contributed by atoms with E-state index < -0.39 is 16.0 Å². The van der Waals surface area contributed by atoms with Gasteiger partial charge in [-0.15, -0.1) is 0 Å². The number of hydrogen-bond donors (Lipinski definition) is 2. The van der Waals surface area contributed by atoms with Gasteiger partial charge in [-0.05, 0) is 31.0 Å². The molecule has 0 amide bonds. The van der Waals surface area contributed by atoms with Crippen LogP contribution in [0.2, 0.25) is 0 Å². The Bertz CT molecular complexity index is 541. The first kappa shape index (κ1) is 16.6. The average molecular weight is 301 g/mol. The number of nitrogens with one attached hydrogen (secondary N) is 1. The predicted molar refractivity (Wildman–Crippen MR) is 74.3 cm³/mol. The van der Waals surface area contributed by atoms with Crippen molar-refractivity contribution in [3.8, 4) is 0 Å². The number of ether oxygens (including phenoxy) is 1. The number of rotatable bonds is 9. The van der Waals surface area contributed by atoms with Crippen molar-refractivity contribution in [1.29, 1.82) is 0 Å². The van der Waals surface area contributed by atoms with Gasteiger partial charge in [-0.1, -0.05) is 13.0 Å². The van der Waals surface area contributed by atoms with Gasteiger partial charge in [-0.25, -0.2) is 17.9 Å². The predicted octanol–water partition coefficient (Wildman–Crippen LogP) is 1.48. The van der Waals surface area contributed by atoms with Gasteiger partial charge in [0.15, 0.2) is 0 Å². The molecule has 0 spiro atoms. The molecule has 1 rings (SSSR count). The van der Waals surface area contributed by atoms with Gasteiger partial charge in [0.05, 0.1) is 10.5 Å². The molecule has 0 radical (unpaired) electrons. The third kappa shape index (κ3) is 5.28. The lowest BCUT2D eigenvalue weighted by molar-refractivity contribution is 0.0696. The van der Waals surface area contributed by atoms with Crippen LogP contribution in [0.3, 0.4) is 0 Å². The van der Waals surface area contributed by atoms with Crippen molar-refractivity contribution in [2.75, 3.05) is 19.8 Å². The fourth-order valence-electron chi connectivity index (χ4n) is 1.51. The van der Waals surface area contributed by atoms with Crippen LogP contribution in [0, 0.1) is 0 Å². The SMILES string of the molecule is CCCOCCCNS(=O)(=O)c1cccc(C(=O)O)c1. The van der Waals surface area contributed by atoms with Crippen LogP contribution in [0.25, 0.3) is 0 Å². The van der Waals surface area contributed by atoms with Crippen LogP contribution in [-0.2, 0) is 14.8 Å². The molecule has 6 nitrogen and oxygen atoms in total. The molecule has 0 saturated carbocycles. The van der Waals surface area contributed by atoms with Crippen LogP contribution in [0.15, 0.2) is 29.2 Å². The van der Waals surface area contributed by atoms with E-state index >= 15 is 0 Å². The van der Waals surface area contributed by atoms with E-state index in [-0.39, 0.29) is 17.0 Å². The molecule has 0 aliphatic heterocycles. The van der Waals surface area contributed by atoms with Crippen molar-refractivity contribution >= 4 is 16.0 Å². The maximum atomic E-state index is 12.0. The smallest absolute Gasteiger partial charge is 0.335 e. The van der Waals surface area contributed by atoms with Crippen LogP contribution < -0.4 is 4.72 Å². The van der Waals surface area contributed by atoms with Gasteiger partial charge in [0.2, 0.25) is 10.0 Å². The number of aromatic carboxylic acids is 1. The zero-order valence-electron chi connectivity index (χ0n) is 11.3. The topological polar surface area (TPSA) is 92.7 Å². The minimum absolute atomic E-state index is 0.0492. The summed E-state index contributed by atoms with van der Waals surface area (Å²) in [6.07, 6.45) is 1.49. The highest BCUT2D eigenvalue weighted by Crippen LogP contribution is 2.11. The van der Waals surface area contributed by atoms with E-state index in [0.29, 0.717) is 19.6 Å². The van der Waals surface area contributed by atoms with Crippen molar-refractivity contribution in [3.63, 3.8) is 0 Å². The largest absolute Gasteiger partial charge is 0.478 e. The number of carboxylic acids is 1. The number of carbonyl (C=O) groups is 1. The lowest BCUT2D eigenvalue weighted by Gasteiger charge is -2.07. The maximum absolute atomic E-state index is 12.0. The minimum atomic E-state index is -3.68. The summed E-state index contributed by atoms with van der Waals surface area (Å²) in [5.41, 5.74) is -0.0563. The summed E-state index contributed by atoms with van der Waals surface area (Å²) < 4.78 is 31.6. The highest BCUT2D eigenvalue weighted by molar-refractivity contribution is 7.89. The second kappa shape index (κ2) is 7.98. The highest BCUT2D eigenvalue weighted by Gasteiger charge is 2.15. The maximum Gasteiger partial charge on any atom is 0.335 e. The summed E-state index contributed by atoms with van der Waals surface area (Å²) in [5.74, 6) is -1.16. The quantitative estimate of drug-likeness (QED) is 0.674. The molecule has 0 saturated heterocycles. The Hall–Kier alpha value is -1.44. The first-order valence-electron chi connectivity index (χ1n) is 6.38. The molecule has 1 aromatic carbocycles. The lowest BCUT2D eigenvalue weighted by Crippen LogP contribution is -2.25. The van der Waals surface area contributed by atoms with E-state index in [2.05, 4.69) is 4.72 Å². The Morgan fingerprint density at radius 1 is 1.35 bits per heavy atom. The first-order valence-corrected chi connectivity index (χ1v) is 7.86. The number of benzene rings is 1. The van der Waals surface area contributed by atoms with Gasteiger partial charge < -0.3 is 9.84 Å². The summed E-state index contributed by atoms with van der Waals surface area (Å²) in [4.78, 5) is 10.8. The first-order chi connectivity index (χ1) is 9.47. The van der Waals surface area contributed by atoms with Gasteiger partial charge in [-0.3, -0.25) is 0 Å². The molecule has 2 N–H and O–H groups in total. The monoisotopic (exact) mass is 301 g/mol. The Kier molecular flexibility index (Phi) is 6.63. The molecule has 20 heavy (non-hydrogen) atoms. The fourth-order valence-corrected chi connectivity index (χ4v) is 2.63. The Morgan fingerprint density at radius 3 is 2.75 bits per heavy atom. The van der Waals surface area contributed by atoms with Crippen molar-refractivity contribution in [2.24, 2.45) is 0 Å². The van der Waals surface area contributed by atoms with Gasteiger partial charge in [-0.2, -0.15) is 0 Å². The third-order valence-electron chi connectivity index (χ3n) is 2.50. The molecule has 0 unspecified atom stereocenters. The van der Waals surface area contributed by atoms with Crippen LogP contribution in [0.4, 0.5) is 0 Å². The molecule has 1 aromatic rings. The van der Waals surface area contributed by atoms with Gasteiger partial charge in [0.25, 0.3) is 0 Å². The molecule has 0 bridgehead atoms. The van der Waals surface area contributed by atoms with Gasteiger partial charge >= 0.3 is 5.97 Å². The standard InChI is InChI=1S/C13H19NO5S/c1-2-8-19-9-4-7-14-20(17,18)12-6-3-5-11(10-12)13(15)16/h3,5-6,10,14H,2,4,7-9H2,1H3,(H,15,16). The molecular formula is C13H19NO5S. The molecule has 0 aromatic heterocycles. The molecule has 112 valence electrons. The Labute approximate surface area is 118 Å². The van der Waals surface area contributed by atoms with E-state index in [1.807, 2.05) is 6.92 Å². The van der Waals surface area contributed by atoms with Crippen molar-refractivity contribution in [3.05, 3.63) is 29.8 Å². The van der Waals surface area contributed by atoms with Crippen molar-refractivity contribution < 1.29 is 23.1 Å². The van der Waals surface area contributed by atoms with E-state index in [1.165, 1.54) is 18.2 Å². The van der Waals surface area contributed by atoms with Crippen LogP contribution in [-0.4, -0.2) is 39.3 Å². The van der Waals surface area contributed by atoms with Gasteiger partial charge in [0.1, 0.15) is 0 Å². The highest BCUT2D eigenvalue weighted by atomic mass is 32.2. The molecule has 0 atom stereocenters. The zero-order chi connectivity index (χ0) is 15.0. The van der Waals surface area contributed by atoms with E-state index in [0.717, 1.165) is 12.5 Å². The Balaban J connectivity index is 2.56. The molecule has 0 aliphatic rings. The lowest BCUT2D eigenvalue weighted by atomic mass is 10.2. The number of carboxylic acid groups (broad SMARTS) is 1.